The number of benzene rings is 1. The van der Waals surface area contributed by atoms with Crippen LogP contribution in [-0.2, 0) is 0 Å². The fraction of sp³-hybridized carbons (Fsp3) is 0.346. The molecule has 0 saturated heterocycles. The molecule has 1 aromatic heterocycles. The lowest BCUT2D eigenvalue weighted by Crippen LogP contribution is -2.22. The number of allylic oxidation sites excluding steroid dienone is 3. The van der Waals surface area contributed by atoms with E-state index in [1.807, 2.05) is 19.9 Å². The van der Waals surface area contributed by atoms with Crippen molar-refractivity contribution in [3.05, 3.63) is 69.8 Å². The molecule has 1 saturated carbocycles. The maximum atomic E-state index is 14.3. The molecule has 178 valence electrons. The average molecular weight is 463 g/mol. The van der Waals surface area contributed by atoms with E-state index < -0.39 is 6.10 Å². The first-order chi connectivity index (χ1) is 16.3. The molecule has 4 rings (SSSR count). The molecule has 2 bridgehead atoms. The molecule has 0 radical (unpaired) electrons. The third kappa shape index (κ3) is 4.66. The van der Waals surface area contributed by atoms with Crippen LogP contribution in [0, 0.1) is 5.82 Å². The number of nitrogen functional groups attached to an aromatic ring is 1. The summed E-state index contributed by atoms with van der Waals surface area (Å²) in [7, 11) is 1.69. The van der Waals surface area contributed by atoms with Crippen molar-refractivity contribution in [3.8, 4) is 5.75 Å². The first kappa shape index (κ1) is 23.5. The van der Waals surface area contributed by atoms with E-state index in [1.165, 1.54) is 12.1 Å². The van der Waals surface area contributed by atoms with Gasteiger partial charge in [0.05, 0.1) is 11.8 Å². The second-order valence-corrected chi connectivity index (χ2v) is 8.83. The molecule has 1 aliphatic heterocycles. The lowest BCUT2D eigenvalue weighted by Gasteiger charge is -2.26. The highest BCUT2D eigenvalue weighted by molar-refractivity contribution is 6.14. The molecule has 0 unspecified atom stereocenters. The minimum Gasteiger partial charge on any atom is -0.482 e. The molecular formula is C26H31FN6O. The number of halogens is 1. The highest BCUT2D eigenvalue weighted by atomic mass is 19.1. The Labute approximate surface area is 199 Å². The zero-order valence-corrected chi connectivity index (χ0v) is 19.8. The van der Waals surface area contributed by atoms with Crippen molar-refractivity contribution >= 4 is 23.4 Å². The maximum absolute atomic E-state index is 14.3. The molecule has 8 heteroatoms. The van der Waals surface area contributed by atoms with Gasteiger partial charge in [-0.2, -0.15) is 0 Å². The van der Waals surface area contributed by atoms with Crippen molar-refractivity contribution < 1.29 is 9.13 Å². The largest absolute Gasteiger partial charge is 0.482 e. The highest BCUT2D eigenvalue weighted by Crippen LogP contribution is 2.35. The summed E-state index contributed by atoms with van der Waals surface area (Å²) < 4.78 is 20.5. The van der Waals surface area contributed by atoms with E-state index in [2.05, 4.69) is 9.98 Å². The molecule has 1 aliphatic carbocycles. The summed E-state index contributed by atoms with van der Waals surface area (Å²) in [5.74, 6) is 0.257. The van der Waals surface area contributed by atoms with Crippen LogP contribution in [0.25, 0.3) is 5.70 Å². The number of rotatable bonds is 2. The van der Waals surface area contributed by atoms with Crippen molar-refractivity contribution in [3.63, 3.8) is 0 Å². The molecule has 2 aromatic rings. The monoisotopic (exact) mass is 462 g/mol. The van der Waals surface area contributed by atoms with Crippen LogP contribution in [0.15, 0.2) is 57.3 Å². The Morgan fingerprint density at radius 1 is 1.24 bits per heavy atom. The number of hydrogen-bond donors (Lipinski definition) is 3. The quantitative estimate of drug-likeness (QED) is 0.574. The second kappa shape index (κ2) is 9.67. The van der Waals surface area contributed by atoms with Crippen molar-refractivity contribution in [2.24, 2.45) is 21.5 Å². The first-order valence-corrected chi connectivity index (χ1v) is 11.4. The predicted octanol–water partition coefficient (Wildman–Crippen LogP) is 4.29. The van der Waals surface area contributed by atoms with Gasteiger partial charge in [-0.3, -0.25) is 9.98 Å². The van der Waals surface area contributed by atoms with Gasteiger partial charge in [-0.25, -0.2) is 9.37 Å². The van der Waals surface area contributed by atoms with E-state index in [0.717, 1.165) is 41.7 Å². The van der Waals surface area contributed by atoms with Crippen molar-refractivity contribution in [1.82, 2.24) is 4.98 Å². The minimum absolute atomic E-state index is 0.228. The van der Waals surface area contributed by atoms with Crippen LogP contribution in [0.3, 0.4) is 0 Å². The molecule has 2 heterocycles. The van der Waals surface area contributed by atoms with Crippen LogP contribution in [-0.4, -0.2) is 30.0 Å². The smallest absolute Gasteiger partial charge is 0.166 e. The van der Waals surface area contributed by atoms with Gasteiger partial charge in [-0.05, 0) is 62.9 Å². The molecule has 1 aromatic carbocycles. The van der Waals surface area contributed by atoms with E-state index in [0.29, 0.717) is 34.7 Å². The summed E-state index contributed by atoms with van der Waals surface area (Å²) >= 11 is 0. The van der Waals surface area contributed by atoms with Gasteiger partial charge < -0.3 is 21.9 Å². The maximum Gasteiger partial charge on any atom is 0.166 e. The SMILES string of the molecule is CN=C/C1=C(\N)c2ccc(F)cc2[C@@H](C)Oc2cc(cnc2N)C(=NC2CCC2)/C(=C(/C)N)C1. The average Bonchev–Trinajstić information content (AvgIpc) is 2.77. The van der Waals surface area contributed by atoms with Crippen LogP contribution in [0.1, 0.15) is 62.3 Å². The standard InChI is InChI=1S/C26H31FN6O/c1-14(28)21-9-16(12-31-3)24(29)20-8-7-18(27)11-22(20)15(2)34-23-10-17(13-32-26(23)30)25(21)33-19-5-4-6-19/h7-8,10-13,15,19H,4-6,9,28-29H2,1-3H3,(H2,30,32)/b21-14-,24-16-,31-12?,33-25?/t15-/m1/s1. The van der Waals surface area contributed by atoms with E-state index in [-0.39, 0.29) is 17.7 Å². The fourth-order valence-electron chi connectivity index (χ4n) is 4.21. The van der Waals surface area contributed by atoms with E-state index in [9.17, 15) is 4.39 Å². The Kier molecular flexibility index (Phi) is 6.68. The van der Waals surface area contributed by atoms with Crippen molar-refractivity contribution in [2.75, 3.05) is 12.8 Å². The van der Waals surface area contributed by atoms with Crippen molar-refractivity contribution in [2.45, 2.75) is 51.7 Å². The molecule has 1 fully saturated rings. The Morgan fingerprint density at radius 3 is 2.65 bits per heavy atom. The van der Waals surface area contributed by atoms with E-state index in [1.54, 1.807) is 25.5 Å². The third-order valence-corrected chi connectivity index (χ3v) is 6.35. The summed E-state index contributed by atoms with van der Waals surface area (Å²) in [4.78, 5) is 13.7. The Morgan fingerprint density at radius 2 is 2.00 bits per heavy atom. The summed E-state index contributed by atoms with van der Waals surface area (Å²) in [6.45, 7) is 3.68. The predicted molar refractivity (Wildman–Crippen MR) is 135 cm³/mol. The molecule has 0 spiro atoms. The van der Waals surface area contributed by atoms with E-state index in [4.69, 9.17) is 26.9 Å². The van der Waals surface area contributed by atoms with Gasteiger partial charge in [-0.1, -0.05) is 0 Å². The Balaban J connectivity index is 2.01. The fourth-order valence-corrected chi connectivity index (χ4v) is 4.21. The van der Waals surface area contributed by atoms with Crippen LogP contribution >= 0.6 is 0 Å². The zero-order valence-electron chi connectivity index (χ0n) is 19.8. The zero-order chi connectivity index (χ0) is 24.4. The molecule has 1 atom stereocenters. The number of aromatic nitrogens is 1. The number of hydrogen-bond acceptors (Lipinski definition) is 7. The molecule has 2 aliphatic rings. The molecule has 0 amide bonds. The van der Waals surface area contributed by atoms with Crippen LogP contribution in [0.4, 0.5) is 10.2 Å². The molecular weight excluding hydrogens is 431 g/mol. The lowest BCUT2D eigenvalue weighted by atomic mass is 9.89. The first-order valence-electron chi connectivity index (χ1n) is 11.4. The van der Waals surface area contributed by atoms with Gasteiger partial charge >= 0.3 is 0 Å². The summed E-state index contributed by atoms with van der Waals surface area (Å²) in [6, 6.07) is 6.54. The number of aliphatic imine (C=N–C) groups is 2. The number of pyridine rings is 1. The highest BCUT2D eigenvalue weighted by Gasteiger charge is 2.25. The number of nitrogens with zero attached hydrogens (tertiary/aromatic N) is 3. The minimum atomic E-state index is -0.541. The summed E-state index contributed by atoms with van der Waals surface area (Å²) in [5.41, 5.74) is 24.7. The number of fused-ring (bicyclic) bond motifs is 3. The van der Waals surface area contributed by atoms with Gasteiger partial charge in [0.25, 0.3) is 0 Å². The summed E-state index contributed by atoms with van der Waals surface area (Å²) in [5, 5.41) is 0. The van der Waals surface area contributed by atoms with Crippen molar-refractivity contribution in [1.29, 1.82) is 0 Å². The lowest BCUT2D eigenvalue weighted by molar-refractivity contribution is 0.226. The topological polar surface area (TPSA) is 125 Å². The third-order valence-electron chi connectivity index (χ3n) is 6.35. The molecule has 7 nitrogen and oxygen atoms in total. The van der Waals surface area contributed by atoms with Crippen LogP contribution in [0.2, 0.25) is 0 Å². The van der Waals surface area contributed by atoms with Crippen LogP contribution < -0.4 is 21.9 Å². The van der Waals surface area contributed by atoms with E-state index >= 15 is 0 Å². The van der Waals surface area contributed by atoms with Gasteiger partial charge in [0.1, 0.15) is 11.9 Å². The Hall–Kier alpha value is -3.68. The summed E-state index contributed by atoms with van der Waals surface area (Å²) in [6.07, 6.45) is 6.49. The number of ether oxygens (including phenoxy) is 1. The normalized spacial score (nSPS) is 24.1. The number of nitrogens with two attached hydrogens (primary N) is 3. The van der Waals surface area contributed by atoms with Gasteiger partial charge in [-0.15, -0.1) is 0 Å². The molecule has 6 N–H and O–H groups in total. The second-order valence-electron chi connectivity index (χ2n) is 8.83. The molecule has 34 heavy (non-hydrogen) atoms. The van der Waals surface area contributed by atoms with Gasteiger partial charge in [0, 0.05) is 59.5 Å². The van der Waals surface area contributed by atoms with Gasteiger partial charge in [0.15, 0.2) is 11.6 Å². The Bertz CT molecular complexity index is 1220. The van der Waals surface area contributed by atoms with Gasteiger partial charge in [0.2, 0.25) is 0 Å². The number of anilines is 1. The van der Waals surface area contributed by atoms with Crippen LogP contribution in [0.5, 0.6) is 5.75 Å².